The molecule has 1 rings (SSSR count). The first-order chi connectivity index (χ1) is 6.74. The lowest BCUT2D eigenvalue weighted by Gasteiger charge is -2.11. The van der Waals surface area contributed by atoms with Gasteiger partial charge in [-0.2, -0.15) is 5.10 Å². The van der Waals surface area contributed by atoms with Crippen LogP contribution >= 0.6 is 0 Å². The van der Waals surface area contributed by atoms with E-state index < -0.39 is 0 Å². The summed E-state index contributed by atoms with van der Waals surface area (Å²) in [5, 5.41) is 10.1. The molecule has 0 spiro atoms. The number of nitrogens with one attached hydrogen (secondary N) is 2. The van der Waals surface area contributed by atoms with Gasteiger partial charge in [-0.25, -0.2) is 4.98 Å². The van der Waals surface area contributed by atoms with Gasteiger partial charge in [0.1, 0.15) is 12.2 Å². The second-order valence-corrected chi connectivity index (χ2v) is 3.55. The maximum Gasteiger partial charge on any atom is 0.145 e. The number of allylic oxidation sites excluding steroid dienone is 1. The predicted molar refractivity (Wildman–Crippen MR) is 56.8 cm³/mol. The number of H-pyrrole nitrogens is 1. The monoisotopic (exact) mass is 194 g/mol. The van der Waals surface area contributed by atoms with Gasteiger partial charge in [-0.1, -0.05) is 18.6 Å². The molecule has 0 fully saturated rings. The van der Waals surface area contributed by atoms with Crippen LogP contribution in [0.25, 0.3) is 0 Å². The molecule has 0 bridgehead atoms. The minimum Gasteiger partial charge on any atom is -0.304 e. The zero-order chi connectivity index (χ0) is 10.4. The van der Waals surface area contributed by atoms with E-state index in [1.165, 1.54) is 11.9 Å². The SMILES string of the molecule is CCCNC(C=C(C)C)c1ncn[nH]1. The van der Waals surface area contributed by atoms with Crippen LogP contribution in [-0.2, 0) is 0 Å². The molecule has 78 valence electrons. The lowest BCUT2D eigenvalue weighted by molar-refractivity contribution is 0.585. The van der Waals surface area contributed by atoms with E-state index in [9.17, 15) is 0 Å². The molecule has 1 atom stereocenters. The van der Waals surface area contributed by atoms with Crippen molar-refractivity contribution in [1.82, 2.24) is 20.5 Å². The standard InChI is InChI=1S/C10H18N4/c1-4-5-11-9(6-8(2)3)10-12-7-13-14-10/h6-7,9,11H,4-5H2,1-3H3,(H,12,13,14). The first-order valence-corrected chi connectivity index (χ1v) is 4.97. The summed E-state index contributed by atoms with van der Waals surface area (Å²) in [5.74, 6) is 0.875. The van der Waals surface area contributed by atoms with E-state index >= 15 is 0 Å². The third kappa shape index (κ3) is 3.30. The van der Waals surface area contributed by atoms with E-state index in [2.05, 4.69) is 47.3 Å². The van der Waals surface area contributed by atoms with Crippen LogP contribution in [-0.4, -0.2) is 21.7 Å². The molecular formula is C10H18N4. The summed E-state index contributed by atoms with van der Waals surface area (Å²) in [5.41, 5.74) is 1.27. The molecule has 14 heavy (non-hydrogen) atoms. The van der Waals surface area contributed by atoms with Crippen molar-refractivity contribution in [2.24, 2.45) is 0 Å². The molecule has 1 aromatic rings. The van der Waals surface area contributed by atoms with Crippen LogP contribution in [0, 0.1) is 0 Å². The molecule has 1 unspecified atom stereocenters. The molecular weight excluding hydrogens is 176 g/mol. The van der Waals surface area contributed by atoms with E-state index in [4.69, 9.17) is 0 Å². The van der Waals surface area contributed by atoms with Crippen molar-refractivity contribution >= 4 is 0 Å². The molecule has 4 nitrogen and oxygen atoms in total. The van der Waals surface area contributed by atoms with Crippen LogP contribution in [0.4, 0.5) is 0 Å². The molecule has 0 saturated carbocycles. The normalized spacial score (nSPS) is 12.5. The number of aromatic nitrogens is 3. The predicted octanol–water partition coefficient (Wildman–Crippen LogP) is 1.81. The summed E-state index contributed by atoms with van der Waals surface area (Å²) in [6, 6.07) is 0.155. The lowest BCUT2D eigenvalue weighted by atomic mass is 10.2. The van der Waals surface area contributed by atoms with E-state index in [0.29, 0.717) is 0 Å². The van der Waals surface area contributed by atoms with Crippen LogP contribution in [0.2, 0.25) is 0 Å². The molecule has 1 heterocycles. The fourth-order valence-electron chi connectivity index (χ4n) is 1.23. The van der Waals surface area contributed by atoms with Crippen LogP contribution in [0.5, 0.6) is 0 Å². The fourth-order valence-corrected chi connectivity index (χ4v) is 1.23. The second kappa shape index (κ2) is 5.54. The van der Waals surface area contributed by atoms with Crippen LogP contribution in [0.15, 0.2) is 18.0 Å². The summed E-state index contributed by atoms with van der Waals surface area (Å²) < 4.78 is 0. The molecule has 2 N–H and O–H groups in total. The van der Waals surface area contributed by atoms with Crippen molar-refractivity contribution in [3.05, 3.63) is 23.8 Å². The summed E-state index contributed by atoms with van der Waals surface area (Å²) in [6.07, 6.45) is 4.80. The van der Waals surface area contributed by atoms with Crippen LogP contribution in [0.1, 0.15) is 39.1 Å². The quantitative estimate of drug-likeness (QED) is 0.703. The van der Waals surface area contributed by atoms with Gasteiger partial charge >= 0.3 is 0 Å². The number of hydrogen-bond acceptors (Lipinski definition) is 3. The van der Waals surface area contributed by atoms with Gasteiger partial charge < -0.3 is 5.32 Å². The number of nitrogens with zero attached hydrogens (tertiary/aromatic N) is 2. The molecule has 0 aliphatic heterocycles. The van der Waals surface area contributed by atoms with Gasteiger partial charge in [-0.05, 0) is 26.8 Å². The van der Waals surface area contributed by atoms with Crippen molar-refractivity contribution < 1.29 is 0 Å². The Balaban J connectivity index is 2.67. The average Bonchev–Trinajstić information content (AvgIpc) is 2.64. The lowest BCUT2D eigenvalue weighted by Crippen LogP contribution is -2.21. The van der Waals surface area contributed by atoms with Gasteiger partial charge in [0, 0.05) is 0 Å². The number of hydrogen-bond donors (Lipinski definition) is 2. The van der Waals surface area contributed by atoms with E-state index in [1.54, 1.807) is 0 Å². The van der Waals surface area contributed by atoms with E-state index in [-0.39, 0.29) is 6.04 Å². The van der Waals surface area contributed by atoms with Gasteiger partial charge in [0.25, 0.3) is 0 Å². The van der Waals surface area contributed by atoms with Crippen molar-refractivity contribution in [2.75, 3.05) is 6.54 Å². The smallest absolute Gasteiger partial charge is 0.145 e. The van der Waals surface area contributed by atoms with E-state index in [1.807, 2.05) is 0 Å². The van der Waals surface area contributed by atoms with Crippen molar-refractivity contribution in [1.29, 1.82) is 0 Å². The first kappa shape index (κ1) is 10.9. The molecule has 0 amide bonds. The van der Waals surface area contributed by atoms with Crippen molar-refractivity contribution in [3.8, 4) is 0 Å². The average molecular weight is 194 g/mol. The van der Waals surface area contributed by atoms with Gasteiger partial charge in [0.05, 0.1) is 6.04 Å². The Morgan fingerprint density at radius 2 is 2.43 bits per heavy atom. The number of aromatic amines is 1. The minimum absolute atomic E-state index is 0.155. The van der Waals surface area contributed by atoms with Crippen LogP contribution in [0.3, 0.4) is 0 Å². The largest absolute Gasteiger partial charge is 0.304 e. The summed E-state index contributed by atoms with van der Waals surface area (Å²) in [4.78, 5) is 4.15. The topological polar surface area (TPSA) is 53.6 Å². The number of rotatable bonds is 5. The van der Waals surface area contributed by atoms with Gasteiger partial charge in [0.15, 0.2) is 0 Å². The maximum atomic E-state index is 4.15. The molecule has 1 aromatic heterocycles. The highest BCUT2D eigenvalue weighted by Crippen LogP contribution is 2.10. The van der Waals surface area contributed by atoms with Crippen molar-refractivity contribution in [2.45, 2.75) is 33.2 Å². The zero-order valence-corrected chi connectivity index (χ0v) is 9.04. The minimum atomic E-state index is 0.155. The Morgan fingerprint density at radius 1 is 1.64 bits per heavy atom. The molecule has 0 saturated heterocycles. The Bertz CT molecular complexity index is 272. The highest BCUT2D eigenvalue weighted by molar-refractivity contribution is 5.08. The molecule has 0 aliphatic rings. The molecule has 0 radical (unpaired) electrons. The summed E-state index contributed by atoms with van der Waals surface area (Å²) >= 11 is 0. The van der Waals surface area contributed by atoms with Gasteiger partial charge in [-0.3, -0.25) is 5.10 Å². The Kier molecular flexibility index (Phi) is 4.32. The Hall–Kier alpha value is -1.16. The summed E-state index contributed by atoms with van der Waals surface area (Å²) in [7, 11) is 0. The third-order valence-electron chi connectivity index (χ3n) is 1.84. The zero-order valence-electron chi connectivity index (χ0n) is 9.04. The Labute approximate surface area is 84.8 Å². The van der Waals surface area contributed by atoms with Crippen molar-refractivity contribution in [3.63, 3.8) is 0 Å². The molecule has 0 aliphatic carbocycles. The first-order valence-electron chi connectivity index (χ1n) is 4.97. The van der Waals surface area contributed by atoms with E-state index in [0.717, 1.165) is 18.8 Å². The van der Waals surface area contributed by atoms with Crippen LogP contribution < -0.4 is 5.32 Å². The van der Waals surface area contributed by atoms with Gasteiger partial charge in [-0.15, -0.1) is 0 Å². The molecule has 0 aromatic carbocycles. The van der Waals surface area contributed by atoms with Gasteiger partial charge in [0.2, 0.25) is 0 Å². The fraction of sp³-hybridized carbons (Fsp3) is 0.600. The Morgan fingerprint density at radius 3 is 2.93 bits per heavy atom. The third-order valence-corrected chi connectivity index (χ3v) is 1.84. The highest BCUT2D eigenvalue weighted by Gasteiger charge is 2.09. The maximum absolute atomic E-state index is 4.15. The summed E-state index contributed by atoms with van der Waals surface area (Å²) in [6.45, 7) is 7.29. The second-order valence-electron chi connectivity index (χ2n) is 3.55. The molecule has 4 heteroatoms. The highest BCUT2D eigenvalue weighted by atomic mass is 15.2.